The minimum atomic E-state index is 0.133. The van der Waals surface area contributed by atoms with Crippen LogP contribution < -0.4 is 0 Å². The molecule has 0 atom stereocenters. The number of nitrogens with zero attached hydrogens (tertiary/aromatic N) is 3. The van der Waals surface area contributed by atoms with Crippen LogP contribution in [-0.4, -0.2) is 58.9 Å². The van der Waals surface area contributed by atoms with Crippen molar-refractivity contribution in [2.45, 2.75) is 70.4 Å². The van der Waals surface area contributed by atoms with Crippen molar-refractivity contribution in [3.05, 3.63) is 59.8 Å². The van der Waals surface area contributed by atoms with E-state index in [1.165, 1.54) is 37.7 Å². The topological polar surface area (TPSA) is 26.8 Å². The number of hydrogen-bond donors (Lipinski definition) is 0. The fourth-order valence-electron chi connectivity index (χ4n) is 5.61. The molecule has 1 heterocycles. The minimum absolute atomic E-state index is 0.133. The lowest BCUT2D eigenvalue weighted by molar-refractivity contribution is -0.131. The predicted molar refractivity (Wildman–Crippen MR) is 128 cm³/mol. The summed E-state index contributed by atoms with van der Waals surface area (Å²) in [6, 6.07) is 10.8. The summed E-state index contributed by atoms with van der Waals surface area (Å²) in [5.74, 6) is 0.269. The first-order valence-electron chi connectivity index (χ1n) is 12.4. The van der Waals surface area contributed by atoms with Gasteiger partial charge < -0.3 is 4.90 Å². The van der Waals surface area contributed by atoms with Crippen molar-refractivity contribution in [3.8, 4) is 0 Å². The molecule has 0 spiro atoms. The molecule has 4 rings (SSSR count). The first kappa shape index (κ1) is 22.3. The quantitative estimate of drug-likeness (QED) is 0.621. The van der Waals surface area contributed by atoms with E-state index in [1.807, 2.05) is 6.92 Å². The number of rotatable bonds is 7. The third kappa shape index (κ3) is 5.48. The molecular weight excluding hydrogens is 382 g/mol. The maximum atomic E-state index is 13.0. The van der Waals surface area contributed by atoms with E-state index in [-0.39, 0.29) is 11.4 Å². The van der Waals surface area contributed by atoms with Crippen LogP contribution in [0.3, 0.4) is 0 Å². The van der Waals surface area contributed by atoms with Crippen molar-refractivity contribution < 1.29 is 4.79 Å². The molecule has 4 nitrogen and oxygen atoms in total. The van der Waals surface area contributed by atoms with Gasteiger partial charge in [-0.2, -0.15) is 0 Å². The van der Waals surface area contributed by atoms with Gasteiger partial charge in [0.25, 0.3) is 0 Å². The monoisotopic (exact) mass is 421 g/mol. The number of benzene rings is 1. The molecule has 0 bridgehead atoms. The molecule has 4 heteroatoms. The number of allylic oxidation sites excluding steroid dienone is 3. The Labute approximate surface area is 188 Å². The summed E-state index contributed by atoms with van der Waals surface area (Å²) in [5.41, 5.74) is 2.67. The molecule has 0 unspecified atom stereocenters. The number of amides is 1. The summed E-state index contributed by atoms with van der Waals surface area (Å²) >= 11 is 0. The molecule has 1 amide bonds. The third-order valence-electron chi connectivity index (χ3n) is 7.42. The van der Waals surface area contributed by atoms with Gasteiger partial charge in [0.05, 0.1) is 0 Å². The SMILES string of the molecule is CCC(=O)N(CC1(N2CCN(Cc3ccccc3)CC2)CCCCC1)C1=CCCC=C1. The van der Waals surface area contributed by atoms with Crippen LogP contribution in [0.4, 0.5) is 0 Å². The average Bonchev–Trinajstić information content (AvgIpc) is 2.84. The van der Waals surface area contributed by atoms with Crippen LogP contribution in [0.5, 0.6) is 0 Å². The molecule has 2 fully saturated rings. The second-order valence-electron chi connectivity index (χ2n) is 9.48. The lowest BCUT2D eigenvalue weighted by Crippen LogP contribution is -2.62. The molecule has 0 radical (unpaired) electrons. The normalized spacial score (nSPS) is 22.2. The van der Waals surface area contributed by atoms with E-state index in [4.69, 9.17) is 0 Å². The first-order valence-corrected chi connectivity index (χ1v) is 12.4. The van der Waals surface area contributed by atoms with E-state index in [0.717, 1.165) is 57.8 Å². The first-order chi connectivity index (χ1) is 15.2. The second-order valence-corrected chi connectivity index (χ2v) is 9.48. The Morgan fingerprint density at radius 3 is 2.39 bits per heavy atom. The predicted octanol–water partition coefficient (Wildman–Crippen LogP) is 4.98. The Bertz CT molecular complexity index is 771. The van der Waals surface area contributed by atoms with Gasteiger partial charge in [0, 0.05) is 56.9 Å². The van der Waals surface area contributed by atoms with Gasteiger partial charge in [-0.15, -0.1) is 0 Å². The maximum absolute atomic E-state index is 13.0. The van der Waals surface area contributed by atoms with Crippen LogP contribution in [0.25, 0.3) is 0 Å². The summed E-state index contributed by atoms with van der Waals surface area (Å²) in [7, 11) is 0. The zero-order valence-electron chi connectivity index (χ0n) is 19.3. The summed E-state index contributed by atoms with van der Waals surface area (Å²) in [5, 5.41) is 0. The molecule has 31 heavy (non-hydrogen) atoms. The summed E-state index contributed by atoms with van der Waals surface area (Å²) in [4.78, 5) is 20.4. The highest BCUT2D eigenvalue weighted by Gasteiger charge is 2.41. The van der Waals surface area contributed by atoms with Gasteiger partial charge in [-0.3, -0.25) is 14.6 Å². The molecule has 1 aromatic carbocycles. The van der Waals surface area contributed by atoms with Crippen LogP contribution in [-0.2, 0) is 11.3 Å². The summed E-state index contributed by atoms with van der Waals surface area (Å²) < 4.78 is 0. The van der Waals surface area contributed by atoms with Crippen molar-refractivity contribution in [1.82, 2.24) is 14.7 Å². The molecule has 1 saturated heterocycles. The third-order valence-corrected chi connectivity index (χ3v) is 7.42. The molecule has 168 valence electrons. The molecular formula is C27H39N3O. The standard InChI is InChI=1S/C27H39N3O/c1-2-26(31)30(25-14-8-4-9-15-25)23-27(16-10-5-11-17-27)29-20-18-28(19-21-29)22-24-12-6-3-7-13-24/h3,6-8,12-15H,2,4-5,9-11,16-23H2,1H3. The van der Waals surface area contributed by atoms with Crippen LogP contribution in [0.15, 0.2) is 54.3 Å². The zero-order valence-corrected chi connectivity index (χ0v) is 19.3. The Kier molecular flexibility index (Phi) is 7.62. The lowest BCUT2D eigenvalue weighted by Gasteiger charge is -2.51. The number of carbonyl (C=O) groups excluding carboxylic acids is 1. The molecule has 1 saturated carbocycles. The molecule has 0 N–H and O–H groups in total. The largest absolute Gasteiger partial charge is 0.311 e. The van der Waals surface area contributed by atoms with E-state index in [1.54, 1.807) is 0 Å². The summed E-state index contributed by atoms with van der Waals surface area (Å²) in [6.07, 6.45) is 15.7. The van der Waals surface area contributed by atoms with E-state index in [2.05, 4.69) is 63.3 Å². The van der Waals surface area contributed by atoms with Gasteiger partial charge in [0.1, 0.15) is 0 Å². The molecule has 1 aromatic rings. The lowest BCUT2D eigenvalue weighted by atomic mass is 9.79. The van der Waals surface area contributed by atoms with Crippen molar-refractivity contribution in [2.24, 2.45) is 0 Å². The Morgan fingerprint density at radius 2 is 1.74 bits per heavy atom. The Morgan fingerprint density at radius 1 is 1.00 bits per heavy atom. The summed E-state index contributed by atoms with van der Waals surface area (Å²) in [6.45, 7) is 8.33. The average molecular weight is 422 g/mol. The highest BCUT2D eigenvalue weighted by atomic mass is 16.2. The van der Waals surface area contributed by atoms with E-state index < -0.39 is 0 Å². The Balaban J connectivity index is 1.46. The molecule has 3 aliphatic rings. The van der Waals surface area contributed by atoms with Gasteiger partial charge in [-0.1, -0.05) is 68.7 Å². The van der Waals surface area contributed by atoms with Crippen LogP contribution in [0, 0.1) is 0 Å². The number of carbonyl (C=O) groups is 1. The highest BCUT2D eigenvalue weighted by Crippen LogP contribution is 2.36. The maximum Gasteiger partial charge on any atom is 0.226 e. The molecule has 1 aliphatic heterocycles. The Hall–Kier alpha value is -1.91. The van der Waals surface area contributed by atoms with Crippen molar-refractivity contribution in [1.29, 1.82) is 0 Å². The van der Waals surface area contributed by atoms with Gasteiger partial charge in [0.2, 0.25) is 5.91 Å². The van der Waals surface area contributed by atoms with E-state index in [0.29, 0.717) is 6.42 Å². The van der Waals surface area contributed by atoms with Gasteiger partial charge in [0.15, 0.2) is 0 Å². The highest BCUT2D eigenvalue weighted by molar-refractivity contribution is 5.78. The fourth-order valence-corrected chi connectivity index (χ4v) is 5.61. The zero-order chi connectivity index (χ0) is 21.5. The number of hydrogen-bond acceptors (Lipinski definition) is 3. The second kappa shape index (κ2) is 10.6. The van der Waals surface area contributed by atoms with Gasteiger partial charge in [-0.25, -0.2) is 0 Å². The van der Waals surface area contributed by atoms with Crippen molar-refractivity contribution in [3.63, 3.8) is 0 Å². The minimum Gasteiger partial charge on any atom is -0.311 e. The molecule has 0 aromatic heterocycles. The van der Waals surface area contributed by atoms with Crippen molar-refractivity contribution >= 4 is 5.91 Å². The number of piperazine rings is 1. The van der Waals surface area contributed by atoms with E-state index in [9.17, 15) is 4.79 Å². The van der Waals surface area contributed by atoms with Gasteiger partial charge in [-0.05, 0) is 37.3 Å². The van der Waals surface area contributed by atoms with Crippen LogP contribution in [0.1, 0.15) is 63.9 Å². The molecule has 2 aliphatic carbocycles. The van der Waals surface area contributed by atoms with Crippen molar-refractivity contribution in [2.75, 3.05) is 32.7 Å². The van der Waals surface area contributed by atoms with Crippen LogP contribution in [0.2, 0.25) is 0 Å². The van der Waals surface area contributed by atoms with E-state index >= 15 is 0 Å². The smallest absolute Gasteiger partial charge is 0.226 e. The van der Waals surface area contributed by atoms with Gasteiger partial charge >= 0.3 is 0 Å². The van der Waals surface area contributed by atoms with Crippen LogP contribution >= 0.6 is 0 Å². The fraction of sp³-hybridized carbons (Fsp3) is 0.593.